The molecule has 0 saturated heterocycles. The van der Waals surface area contributed by atoms with E-state index >= 15 is 0 Å². The normalized spacial score (nSPS) is 17.2. The Hall–Kier alpha value is -4.00. The number of para-hydroxylation sites is 1. The molecule has 0 spiro atoms. The first-order valence-electron chi connectivity index (χ1n) is 11.3. The summed E-state index contributed by atoms with van der Waals surface area (Å²) in [6.07, 6.45) is 0.497. The smallest absolute Gasteiger partial charge is 0.271 e. The zero-order valence-corrected chi connectivity index (χ0v) is 19.4. The molecular formula is C27H27N3O4. The number of nitro benzene ring substituents is 1. The Balaban J connectivity index is 1.88. The van der Waals surface area contributed by atoms with Gasteiger partial charge in [0.15, 0.2) is 0 Å². The predicted molar refractivity (Wildman–Crippen MR) is 132 cm³/mol. The van der Waals surface area contributed by atoms with Gasteiger partial charge in [0.25, 0.3) is 11.6 Å². The van der Waals surface area contributed by atoms with Gasteiger partial charge in [-0.2, -0.15) is 0 Å². The van der Waals surface area contributed by atoms with Gasteiger partial charge in [-0.1, -0.05) is 56.3 Å². The molecule has 1 aliphatic heterocycles. The van der Waals surface area contributed by atoms with Gasteiger partial charge in [0.1, 0.15) is 0 Å². The first-order chi connectivity index (χ1) is 16.3. The van der Waals surface area contributed by atoms with Crippen LogP contribution in [0.2, 0.25) is 0 Å². The van der Waals surface area contributed by atoms with Crippen molar-refractivity contribution >= 4 is 28.9 Å². The second-order valence-corrected chi connectivity index (χ2v) is 8.84. The predicted octanol–water partition coefficient (Wildman–Crippen LogP) is 5.76. The Bertz CT molecular complexity index is 1230. The molecule has 0 N–H and O–H groups in total. The van der Waals surface area contributed by atoms with Crippen molar-refractivity contribution in [3.8, 4) is 0 Å². The zero-order chi connectivity index (χ0) is 24.4. The standard InChI is InChI=1S/C27H27N3O4/c1-18(2)26(31)28-19(3)16-25(23-14-7-8-15-24(23)28)29(27(32)20-10-5-4-6-11-20)21-12-9-13-22(17-21)30(33)34/h4-15,17-19,25H,16H2,1-3H3/t19-,25+/m0/s1. The lowest BCUT2D eigenvalue weighted by Crippen LogP contribution is -2.49. The van der Waals surface area contributed by atoms with Gasteiger partial charge in [0.2, 0.25) is 5.91 Å². The van der Waals surface area contributed by atoms with E-state index in [9.17, 15) is 19.7 Å². The molecule has 3 aromatic carbocycles. The molecule has 0 fully saturated rings. The number of rotatable bonds is 5. The monoisotopic (exact) mass is 457 g/mol. The van der Waals surface area contributed by atoms with Gasteiger partial charge < -0.3 is 9.80 Å². The summed E-state index contributed by atoms with van der Waals surface area (Å²) in [4.78, 5) is 41.4. The van der Waals surface area contributed by atoms with Crippen molar-refractivity contribution in [3.63, 3.8) is 0 Å². The average Bonchev–Trinajstić information content (AvgIpc) is 2.84. The number of carbonyl (C=O) groups excluding carboxylic acids is 2. The molecule has 7 heteroatoms. The fourth-order valence-corrected chi connectivity index (χ4v) is 4.56. The molecule has 4 rings (SSSR count). The largest absolute Gasteiger partial charge is 0.309 e. The molecular weight excluding hydrogens is 430 g/mol. The van der Waals surface area contributed by atoms with Crippen molar-refractivity contribution in [2.75, 3.05) is 9.80 Å². The molecule has 0 aromatic heterocycles. The minimum Gasteiger partial charge on any atom is -0.309 e. The summed E-state index contributed by atoms with van der Waals surface area (Å²) in [5, 5.41) is 11.5. The Morgan fingerprint density at radius 2 is 1.68 bits per heavy atom. The van der Waals surface area contributed by atoms with Crippen LogP contribution in [0.4, 0.5) is 17.1 Å². The SMILES string of the molecule is CC(C)C(=O)N1c2ccccc2[C@H](N(C(=O)c2ccccc2)c2cccc([N+](=O)[O-])c2)C[C@@H]1C. The number of hydrogen-bond acceptors (Lipinski definition) is 4. The number of nitro groups is 1. The van der Waals surface area contributed by atoms with E-state index in [2.05, 4.69) is 0 Å². The van der Waals surface area contributed by atoms with E-state index in [-0.39, 0.29) is 29.5 Å². The summed E-state index contributed by atoms with van der Waals surface area (Å²) in [7, 11) is 0. The highest BCUT2D eigenvalue weighted by atomic mass is 16.6. The molecule has 0 unspecified atom stereocenters. The third-order valence-electron chi connectivity index (χ3n) is 6.16. The molecule has 1 aliphatic rings. The van der Waals surface area contributed by atoms with Crippen LogP contribution in [0.25, 0.3) is 0 Å². The number of carbonyl (C=O) groups is 2. The fraction of sp³-hybridized carbons (Fsp3) is 0.259. The third kappa shape index (κ3) is 4.29. The number of hydrogen-bond donors (Lipinski definition) is 0. The van der Waals surface area contributed by atoms with E-state index in [1.165, 1.54) is 12.1 Å². The average molecular weight is 458 g/mol. The summed E-state index contributed by atoms with van der Waals surface area (Å²) in [5.74, 6) is -0.405. The maximum Gasteiger partial charge on any atom is 0.271 e. The lowest BCUT2D eigenvalue weighted by Gasteiger charge is -2.44. The van der Waals surface area contributed by atoms with Gasteiger partial charge in [-0.05, 0) is 43.2 Å². The maximum absolute atomic E-state index is 13.8. The van der Waals surface area contributed by atoms with E-state index in [0.29, 0.717) is 17.7 Å². The van der Waals surface area contributed by atoms with Crippen LogP contribution >= 0.6 is 0 Å². The van der Waals surface area contributed by atoms with Crippen molar-refractivity contribution < 1.29 is 14.5 Å². The summed E-state index contributed by atoms with van der Waals surface area (Å²) in [6.45, 7) is 5.72. The van der Waals surface area contributed by atoms with Gasteiger partial charge in [0, 0.05) is 35.3 Å². The molecule has 0 saturated carbocycles. The molecule has 1 heterocycles. The summed E-state index contributed by atoms with van der Waals surface area (Å²) in [5.41, 5.74) is 2.45. The summed E-state index contributed by atoms with van der Waals surface area (Å²) < 4.78 is 0. The Morgan fingerprint density at radius 1 is 1.00 bits per heavy atom. The van der Waals surface area contributed by atoms with E-state index in [1.807, 2.05) is 56.0 Å². The van der Waals surface area contributed by atoms with Crippen LogP contribution in [0.5, 0.6) is 0 Å². The quantitative estimate of drug-likeness (QED) is 0.360. The molecule has 0 radical (unpaired) electrons. The van der Waals surface area contributed by atoms with Crippen LogP contribution in [-0.2, 0) is 4.79 Å². The zero-order valence-electron chi connectivity index (χ0n) is 19.4. The second kappa shape index (κ2) is 9.47. The highest BCUT2D eigenvalue weighted by Crippen LogP contribution is 2.43. The van der Waals surface area contributed by atoms with Crippen LogP contribution in [0, 0.1) is 16.0 Å². The molecule has 2 amide bonds. The lowest BCUT2D eigenvalue weighted by atomic mass is 9.88. The van der Waals surface area contributed by atoms with Crippen LogP contribution in [-0.4, -0.2) is 22.8 Å². The molecule has 0 bridgehead atoms. The van der Waals surface area contributed by atoms with Crippen LogP contribution in [0.3, 0.4) is 0 Å². The van der Waals surface area contributed by atoms with Crippen LogP contribution < -0.4 is 9.80 Å². The number of anilines is 2. The van der Waals surface area contributed by atoms with Crippen molar-refractivity contribution in [2.24, 2.45) is 5.92 Å². The fourth-order valence-electron chi connectivity index (χ4n) is 4.56. The van der Waals surface area contributed by atoms with Crippen molar-refractivity contribution in [1.29, 1.82) is 0 Å². The molecule has 34 heavy (non-hydrogen) atoms. The number of fused-ring (bicyclic) bond motifs is 1. The van der Waals surface area contributed by atoms with Crippen molar-refractivity contribution in [2.45, 2.75) is 39.3 Å². The number of amides is 2. The van der Waals surface area contributed by atoms with Gasteiger partial charge >= 0.3 is 0 Å². The Morgan fingerprint density at radius 3 is 2.35 bits per heavy atom. The summed E-state index contributed by atoms with van der Waals surface area (Å²) >= 11 is 0. The van der Waals surface area contributed by atoms with E-state index < -0.39 is 11.0 Å². The van der Waals surface area contributed by atoms with E-state index in [4.69, 9.17) is 0 Å². The summed E-state index contributed by atoms with van der Waals surface area (Å²) in [6, 6.07) is 22.1. The van der Waals surface area contributed by atoms with Crippen molar-refractivity contribution in [3.05, 3.63) is 100 Å². The highest BCUT2D eigenvalue weighted by Gasteiger charge is 2.39. The third-order valence-corrected chi connectivity index (χ3v) is 6.16. The first kappa shape index (κ1) is 23.2. The van der Waals surface area contributed by atoms with E-state index in [1.54, 1.807) is 41.3 Å². The Labute approximate surface area is 198 Å². The van der Waals surface area contributed by atoms with Gasteiger partial charge in [-0.25, -0.2) is 0 Å². The molecule has 2 atom stereocenters. The van der Waals surface area contributed by atoms with Crippen molar-refractivity contribution in [1.82, 2.24) is 0 Å². The minimum absolute atomic E-state index is 0.0229. The van der Waals surface area contributed by atoms with Crippen LogP contribution in [0.15, 0.2) is 78.9 Å². The van der Waals surface area contributed by atoms with Gasteiger partial charge in [0.05, 0.1) is 16.7 Å². The van der Waals surface area contributed by atoms with Gasteiger partial charge in [-0.3, -0.25) is 19.7 Å². The number of benzene rings is 3. The molecule has 3 aromatic rings. The van der Waals surface area contributed by atoms with Crippen LogP contribution in [0.1, 0.15) is 49.2 Å². The first-order valence-corrected chi connectivity index (χ1v) is 11.3. The molecule has 7 nitrogen and oxygen atoms in total. The topological polar surface area (TPSA) is 83.8 Å². The second-order valence-electron chi connectivity index (χ2n) is 8.84. The van der Waals surface area contributed by atoms with E-state index in [0.717, 1.165) is 11.3 Å². The number of non-ortho nitro benzene ring substituents is 1. The molecule has 174 valence electrons. The lowest BCUT2D eigenvalue weighted by molar-refractivity contribution is -0.384. The minimum atomic E-state index is -0.463. The number of nitrogens with zero attached hydrogens (tertiary/aromatic N) is 3. The highest BCUT2D eigenvalue weighted by molar-refractivity contribution is 6.07. The molecule has 0 aliphatic carbocycles. The Kier molecular flexibility index (Phi) is 6.45. The van der Waals surface area contributed by atoms with Gasteiger partial charge in [-0.15, -0.1) is 0 Å². The maximum atomic E-state index is 13.8.